The molecule has 0 saturated carbocycles. The highest BCUT2D eigenvalue weighted by atomic mass is 16.6. The number of hydrogen-bond acceptors (Lipinski definition) is 11. The summed E-state index contributed by atoms with van der Waals surface area (Å²) >= 11 is 0. The molecular formula is C28H40O11. The average Bonchev–Trinajstić information content (AvgIpc) is 2.79. The molecule has 0 saturated heterocycles. The van der Waals surface area contributed by atoms with E-state index in [4.69, 9.17) is 18.9 Å². The smallest absolute Gasteiger partial charge is 0.307 e. The van der Waals surface area contributed by atoms with Crippen LogP contribution in [0.25, 0.3) is 0 Å². The number of rotatable bonds is 5. The number of aliphatic hydroxyl groups is 3. The van der Waals surface area contributed by atoms with Gasteiger partial charge in [0.15, 0.2) is 11.9 Å². The summed E-state index contributed by atoms with van der Waals surface area (Å²) < 4.78 is 22.6. The van der Waals surface area contributed by atoms with Gasteiger partial charge in [-0.15, -0.1) is 0 Å². The van der Waals surface area contributed by atoms with Gasteiger partial charge in [-0.1, -0.05) is 13.8 Å². The molecule has 0 fully saturated rings. The lowest BCUT2D eigenvalue weighted by molar-refractivity contribution is -0.156. The topological polar surface area (TPSA) is 166 Å². The molecule has 2 bridgehead atoms. The van der Waals surface area contributed by atoms with Crippen LogP contribution < -0.4 is 0 Å². The minimum atomic E-state index is -1.39. The van der Waals surface area contributed by atoms with Crippen molar-refractivity contribution in [3.8, 4) is 0 Å². The molecule has 0 unspecified atom stereocenters. The fourth-order valence-electron chi connectivity index (χ4n) is 5.52. The maximum atomic E-state index is 12.4. The van der Waals surface area contributed by atoms with Gasteiger partial charge in [0.1, 0.15) is 12.2 Å². The van der Waals surface area contributed by atoms with Gasteiger partial charge in [0.25, 0.3) is 0 Å². The number of hydrogen-bond donors (Lipinski definition) is 3. The molecule has 218 valence electrons. The van der Waals surface area contributed by atoms with Crippen LogP contribution in [0.1, 0.15) is 68.2 Å². The number of carbonyl (C=O) groups excluding carboxylic acids is 4. The maximum absolute atomic E-state index is 12.4. The van der Waals surface area contributed by atoms with Crippen molar-refractivity contribution in [1.29, 1.82) is 0 Å². The van der Waals surface area contributed by atoms with Crippen LogP contribution in [0.3, 0.4) is 0 Å². The molecule has 6 atom stereocenters. The number of carbonyl (C=O) groups is 4. The lowest BCUT2D eigenvalue weighted by Gasteiger charge is -2.48. The van der Waals surface area contributed by atoms with Crippen molar-refractivity contribution in [2.45, 2.75) is 98.8 Å². The summed E-state index contributed by atoms with van der Waals surface area (Å²) in [6.45, 7) is 11.0. The van der Waals surface area contributed by atoms with Crippen LogP contribution in [0.4, 0.5) is 0 Å². The van der Waals surface area contributed by atoms with Crippen LogP contribution in [-0.2, 0) is 38.1 Å². The van der Waals surface area contributed by atoms with E-state index in [1.807, 2.05) is 13.8 Å². The summed E-state index contributed by atoms with van der Waals surface area (Å²) in [5.74, 6) is -3.43. The third-order valence-corrected chi connectivity index (χ3v) is 7.37. The Morgan fingerprint density at radius 1 is 0.846 bits per heavy atom. The van der Waals surface area contributed by atoms with Crippen molar-refractivity contribution >= 4 is 23.9 Å². The van der Waals surface area contributed by atoms with Crippen molar-refractivity contribution in [3.63, 3.8) is 0 Å². The van der Waals surface area contributed by atoms with Gasteiger partial charge >= 0.3 is 23.9 Å². The lowest BCUT2D eigenvalue weighted by atomic mass is 9.60. The van der Waals surface area contributed by atoms with E-state index in [2.05, 4.69) is 0 Å². The van der Waals surface area contributed by atoms with Crippen LogP contribution in [0.15, 0.2) is 34.1 Å². The Labute approximate surface area is 228 Å². The first kappa shape index (κ1) is 32.2. The molecule has 2 rings (SSSR count). The molecule has 0 aromatic carbocycles. The Morgan fingerprint density at radius 3 is 1.90 bits per heavy atom. The van der Waals surface area contributed by atoms with E-state index in [0.717, 1.165) is 6.92 Å². The Hall–Kier alpha value is -3.02. The maximum Gasteiger partial charge on any atom is 0.307 e. The fourth-order valence-corrected chi connectivity index (χ4v) is 5.52. The fraction of sp³-hybridized carbons (Fsp3) is 0.643. The first-order valence-electron chi connectivity index (χ1n) is 12.8. The van der Waals surface area contributed by atoms with Gasteiger partial charge in [0.2, 0.25) is 0 Å². The number of esters is 4. The molecule has 2 aliphatic rings. The van der Waals surface area contributed by atoms with E-state index in [0.29, 0.717) is 11.1 Å². The monoisotopic (exact) mass is 552 g/mol. The van der Waals surface area contributed by atoms with Crippen molar-refractivity contribution in [2.24, 2.45) is 11.3 Å². The Kier molecular flexibility index (Phi) is 10.6. The van der Waals surface area contributed by atoms with Crippen LogP contribution in [0, 0.1) is 11.3 Å². The molecule has 0 aromatic rings. The second kappa shape index (κ2) is 12.9. The molecule has 0 aliphatic heterocycles. The number of aliphatic hydroxyl groups excluding tert-OH is 3. The zero-order chi connectivity index (χ0) is 29.8. The van der Waals surface area contributed by atoms with E-state index in [9.17, 15) is 34.5 Å². The Morgan fingerprint density at radius 2 is 1.41 bits per heavy atom. The summed E-state index contributed by atoms with van der Waals surface area (Å²) in [5, 5.41) is 32.1. The van der Waals surface area contributed by atoms with Crippen LogP contribution >= 0.6 is 0 Å². The molecule has 39 heavy (non-hydrogen) atoms. The molecular weight excluding hydrogens is 512 g/mol. The van der Waals surface area contributed by atoms with E-state index < -0.39 is 72.3 Å². The highest BCUT2D eigenvalue weighted by Crippen LogP contribution is 2.51. The van der Waals surface area contributed by atoms with Crippen LogP contribution in [0.5, 0.6) is 0 Å². The number of fused-ring (bicyclic) bond motifs is 2. The predicted molar refractivity (Wildman–Crippen MR) is 138 cm³/mol. The molecule has 0 heterocycles. The third-order valence-electron chi connectivity index (χ3n) is 7.37. The van der Waals surface area contributed by atoms with E-state index in [1.165, 1.54) is 33.8 Å². The van der Waals surface area contributed by atoms with Crippen molar-refractivity contribution in [3.05, 3.63) is 34.1 Å². The largest absolute Gasteiger partial charge is 0.458 e. The lowest BCUT2D eigenvalue weighted by Crippen LogP contribution is -2.49. The summed E-state index contributed by atoms with van der Waals surface area (Å²) in [6, 6.07) is 0. The van der Waals surface area contributed by atoms with Crippen molar-refractivity contribution in [2.75, 3.05) is 6.61 Å². The van der Waals surface area contributed by atoms with Gasteiger partial charge in [0, 0.05) is 40.0 Å². The normalized spacial score (nSPS) is 32.5. The molecule has 0 radical (unpaired) electrons. The Balaban J connectivity index is 3.05. The zero-order valence-electron chi connectivity index (χ0n) is 23.8. The second-order valence-corrected chi connectivity index (χ2v) is 10.6. The van der Waals surface area contributed by atoms with E-state index >= 15 is 0 Å². The minimum Gasteiger partial charge on any atom is -0.458 e. The molecule has 11 nitrogen and oxygen atoms in total. The second-order valence-electron chi connectivity index (χ2n) is 10.6. The van der Waals surface area contributed by atoms with Gasteiger partial charge in [-0.05, 0) is 54.1 Å². The SMILES string of the molecule is CC(=O)O/C1=C(\C)[C@@H](O)C[C@@H](O)/C(CO)=C/[C@H](OC(C)=O)[C@H]2C[C@H](OC(C)=O)C(C)=C([C@H]1OC(C)=O)C2(C)C. The summed E-state index contributed by atoms with van der Waals surface area (Å²) in [6.07, 6.45) is -4.61. The predicted octanol–water partition coefficient (Wildman–Crippen LogP) is 2.03. The average molecular weight is 553 g/mol. The molecule has 11 heteroatoms. The molecule has 3 N–H and O–H groups in total. The first-order valence-corrected chi connectivity index (χ1v) is 12.8. The summed E-state index contributed by atoms with van der Waals surface area (Å²) in [7, 11) is 0. The molecule has 0 spiro atoms. The zero-order valence-corrected chi connectivity index (χ0v) is 23.8. The van der Waals surface area contributed by atoms with Gasteiger partial charge < -0.3 is 34.3 Å². The first-order chi connectivity index (χ1) is 18.0. The van der Waals surface area contributed by atoms with Gasteiger partial charge in [-0.3, -0.25) is 19.2 Å². The minimum absolute atomic E-state index is 0.104. The highest BCUT2D eigenvalue weighted by Gasteiger charge is 2.51. The van der Waals surface area contributed by atoms with E-state index in [1.54, 1.807) is 6.92 Å². The third kappa shape index (κ3) is 7.55. The molecule has 0 amide bonds. The number of ether oxygens (including phenoxy) is 4. The van der Waals surface area contributed by atoms with Gasteiger partial charge in [0.05, 0.1) is 18.8 Å². The Bertz CT molecular complexity index is 1080. The van der Waals surface area contributed by atoms with E-state index in [-0.39, 0.29) is 29.7 Å². The van der Waals surface area contributed by atoms with Gasteiger partial charge in [-0.25, -0.2) is 0 Å². The van der Waals surface area contributed by atoms with Crippen molar-refractivity contribution in [1.82, 2.24) is 0 Å². The van der Waals surface area contributed by atoms with Crippen LogP contribution in [-0.4, -0.2) is 76.3 Å². The van der Waals surface area contributed by atoms with Crippen LogP contribution in [0.2, 0.25) is 0 Å². The standard InChI is InChI=1S/C28H40O11/c1-13-21(34)11-22(35)19(12-29)9-24(37-16(4)31)20-10-23(36-15(3)30)14(2)25(28(20,7)8)27(39-18(6)33)26(13)38-17(5)32/h9,20-24,27,29,34-35H,10-12H2,1-8H3/b19-9+,26-13+/t20-,21+,22-,23+,24+,27-/m1/s1. The summed E-state index contributed by atoms with van der Waals surface area (Å²) in [5.41, 5.74) is 0.215. The highest BCUT2D eigenvalue weighted by molar-refractivity contribution is 5.70. The van der Waals surface area contributed by atoms with Gasteiger partial charge in [-0.2, -0.15) is 0 Å². The molecule has 0 aromatic heterocycles. The molecule has 2 aliphatic carbocycles. The summed E-state index contributed by atoms with van der Waals surface area (Å²) in [4.78, 5) is 48.9. The van der Waals surface area contributed by atoms with Crippen molar-refractivity contribution < 1.29 is 53.4 Å². The quantitative estimate of drug-likeness (QED) is 0.259.